The number of nitrogens with one attached hydrogen (secondary N) is 2. The average Bonchev–Trinajstić information content (AvgIpc) is 3.04. The van der Waals surface area contributed by atoms with Crippen LogP contribution in [0.15, 0.2) is 42.5 Å². The fourth-order valence-electron chi connectivity index (χ4n) is 4.52. The molecule has 23 heavy (non-hydrogen) atoms. The highest BCUT2D eigenvalue weighted by Crippen LogP contribution is 2.48. The van der Waals surface area contributed by atoms with Crippen LogP contribution in [0.3, 0.4) is 0 Å². The van der Waals surface area contributed by atoms with E-state index in [9.17, 15) is 4.79 Å². The predicted molar refractivity (Wildman–Crippen MR) is 94.6 cm³/mol. The molecule has 3 heteroatoms. The van der Waals surface area contributed by atoms with E-state index in [2.05, 4.69) is 47.1 Å². The smallest absolute Gasteiger partial charge is 0.221 e. The van der Waals surface area contributed by atoms with Gasteiger partial charge in [0.2, 0.25) is 5.91 Å². The lowest BCUT2D eigenvalue weighted by molar-refractivity contribution is -0.114. The molecule has 4 atom stereocenters. The fourth-order valence-corrected chi connectivity index (χ4v) is 4.52. The average molecular weight is 308 g/mol. The van der Waals surface area contributed by atoms with Crippen LogP contribution in [0, 0.1) is 11.8 Å². The van der Waals surface area contributed by atoms with Gasteiger partial charge >= 0.3 is 0 Å². The largest absolute Gasteiger partial charge is 0.381 e. The molecule has 3 nitrogen and oxygen atoms in total. The van der Waals surface area contributed by atoms with Gasteiger partial charge in [-0.1, -0.05) is 24.3 Å². The van der Waals surface area contributed by atoms with E-state index >= 15 is 0 Å². The number of rotatable bonds is 2. The Bertz CT molecular complexity index is 676. The molecule has 1 aliphatic heterocycles. The number of carbonyl (C=O) groups is 1. The van der Waals surface area contributed by atoms with Crippen LogP contribution in [-0.4, -0.2) is 11.9 Å². The third kappa shape index (κ3) is 2.69. The zero-order valence-corrected chi connectivity index (χ0v) is 13.6. The maximum atomic E-state index is 11.3. The van der Waals surface area contributed by atoms with Crippen molar-refractivity contribution >= 4 is 17.3 Å². The van der Waals surface area contributed by atoms with Gasteiger partial charge in [-0.05, 0) is 61.3 Å². The number of fused-ring (bicyclic) bond motifs is 3. The molecule has 0 fully saturated rings. The second-order valence-electron chi connectivity index (χ2n) is 7.05. The zero-order valence-electron chi connectivity index (χ0n) is 13.6. The summed E-state index contributed by atoms with van der Waals surface area (Å²) in [5.41, 5.74) is 3.47. The summed E-state index contributed by atoms with van der Waals surface area (Å²) in [6.07, 6.45) is 14.2. The van der Waals surface area contributed by atoms with Crippen molar-refractivity contribution < 1.29 is 4.79 Å². The van der Waals surface area contributed by atoms with E-state index in [0.717, 1.165) is 18.0 Å². The third-order valence-corrected chi connectivity index (χ3v) is 5.54. The van der Waals surface area contributed by atoms with E-state index < -0.39 is 0 Å². The highest BCUT2D eigenvalue weighted by Gasteiger charge is 2.40. The Balaban J connectivity index is 1.66. The molecule has 1 aromatic carbocycles. The Hall–Kier alpha value is -2.03. The van der Waals surface area contributed by atoms with Gasteiger partial charge in [-0.3, -0.25) is 4.79 Å². The van der Waals surface area contributed by atoms with E-state index in [0.29, 0.717) is 17.9 Å². The molecule has 2 N–H and O–H groups in total. The van der Waals surface area contributed by atoms with Crippen LogP contribution in [0.5, 0.6) is 0 Å². The molecule has 0 bridgehead atoms. The van der Waals surface area contributed by atoms with Gasteiger partial charge < -0.3 is 10.6 Å². The molecule has 0 saturated heterocycles. The molecule has 1 heterocycles. The first-order valence-corrected chi connectivity index (χ1v) is 8.72. The van der Waals surface area contributed by atoms with E-state index in [-0.39, 0.29) is 5.91 Å². The first-order chi connectivity index (χ1) is 11.2. The first-order valence-electron chi connectivity index (χ1n) is 8.72. The normalized spacial score (nSPS) is 31.2. The van der Waals surface area contributed by atoms with Crippen LogP contribution >= 0.6 is 0 Å². The van der Waals surface area contributed by atoms with Crippen LogP contribution in [0.1, 0.15) is 44.1 Å². The first kappa shape index (κ1) is 14.6. The molecule has 4 rings (SSSR count). The number of amides is 1. The Morgan fingerprint density at radius 2 is 2.13 bits per heavy atom. The highest BCUT2D eigenvalue weighted by atomic mass is 16.1. The summed E-state index contributed by atoms with van der Waals surface area (Å²) >= 11 is 0. The number of carbonyl (C=O) groups excluding carboxylic acids is 1. The van der Waals surface area contributed by atoms with E-state index in [1.165, 1.54) is 30.5 Å². The Morgan fingerprint density at radius 3 is 2.91 bits per heavy atom. The van der Waals surface area contributed by atoms with Crippen molar-refractivity contribution in [1.29, 1.82) is 0 Å². The van der Waals surface area contributed by atoms with E-state index in [1.54, 1.807) is 6.92 Å². The monoisotopic (exact) mass is 308 g/mol. The quantitative estimate of drug-likeness (QED) is 0.792. The van der Waals surface area contributed by atoms with Crippen molar-refractivity contribution in [3.05, 3.63) is 48.1 Å². The van der Waals surface area contributed by atoms with E-state index in [4.69, 9.17) is 0 Å². The van der Waals surface area contributed by atoms with Gasteiger partial charge in [0.05, 0.1) is 0 Å². The van der Waals surface area contributed by atoms with Crippen LogP contribution in [-0.2, 0) is 4.79 Å². The minimum atomic E-state index is -0.0147. The van der Waals surface area contributed by atoms with E-state index in [1.807, 2.05) is 6.07 Å². The van der Waals surface area contributed by atoms with Gasteiger partial charge in [0.1, 0.15) is 0 Å². The predicted octanol–water partition coefficient (Wildman–Crippen LogP) is 4.46. The van der Waals surface area contributed by atoms with Gasteiger partial charge in [-0.2, -0.15) is 0 Å². The van der Waals surface area contributed by atoms with Gasteiger partial charge in [0, 0.05) is 30.3 Å². The molecular weight excluding hydrogens is 284 g/mol. The molecule has 1 aromatic rings. The van der Waals surface area contributed by atoms with Crippen molar-refractivity contribution in [2.75, 3.05) is 10.6 Å². The number of anilines is 2. The van der Waals surface area contributed by atoms with Crippen LogP contribution in [0.25, 0.3) is 0 Å². The summed E-state index contributed by atoms with van der Waals surface area (Å²) in [4.78, 5) is 11.3. The summed E-state index contributed by atoms with van der Waals surface area (Å²) in [5.74, 6) is 1.84. The molecule has 0 saturated carbocycles. The minimum absolute atomic E-state index is 0.0147. The summed E-state index contributed by atoms with van der Waals surface area (Å²) < 4.78 is 0. The fraction of sp³-hybridized carbons (Fsp3) is 0.450. The van der Waals surface area contributed by atoms with Crippen molar-refractivity contribution in [1.82, 2.24) is 0 Å². The number of hydrogen-bond donors (Lipinski definition) is 2. The van der Waals surface area contributed by atoms with Crippen molar-refractivity contribution in [2.45, 2.75) is 44.6 Å². The summed E-state index contributed by atoms with van der Waals surface area (Å²) in [5, 5.41) is 6.74. The zero-order chi connectivity index (χ0) is 15.8. The van der Waals surface area contributed by atoms with Crippen molar-refractivity contribution in [2.24, 2.45) is 11.8 Å². The maximum absolute atomic E-state index is 11.3. The van der Waals surface area contributed by atoms with Crippen LogP contribution < -0.4 is 10.6 Å². The second-order valence-corrected chi connectivity index (χ2v) is 7.05. The van der Waals surface area contributed by atoms with Gasteiger partial charge in [-0.25, -0.2) is 0 Å². The summed E-state index contributed by atoms with van der Waals surface area (Å²) in [6, 6.07) is 6.84. The third-order valence-electron chi connectivity index (χ3n) is 5.54. The van der Waals surface area contributed by atoms with Crippen LogP contribution in [0.4, 0.5) is 11.4 Å². The molecule has 1 amide bonds. The number of hydrogen-bond acceptors (Lipinski definition) is 2. The lowest BCUT2D eigenvalue weighted by Gasteiger charge is -2.42. The van der Waals surface area contributed by atoms with Gasteiger partial charge in [0.15, 0.2) is 0 Å². The lowest BCUT2D eigenvalue weighted by atomic mass is 9.72. The molecule has 2 aliphatic carbocycles. The molecule has 0 spiro atoms. The molecule has 0 aromatic heterocycles. The Morgan fingerprint density at radius 1 is 1.22 bits per heavy atom. The molecule has 3 aliphatic rings. The standard InChI is InChI=1S/C20H24N2O/c1-13(23)21-15-10-11-19-18(12-15)16-8-5-9-17(16)20(22-19)14-6-3-2-4-7-14/h2-3,5,8,10-12,14,16-17,20,22H,4,6-7,9H2,1H3,(H,21,23). The molecule has 120 valence electrons. The number of benzene rings is 1. The lowest BCUT2D eigenvalue weighted by Crippen LogP contribution is -2.41. The SMILES string of the molecule is CC(=O)Nc1ccc2c(c1)C1C=CCC1C(C1CC=CCC1)N2. The Labute approximate surface area is 137 Å². The second kappa shape index (κ2) is 5.88. The van der Waals surface area contributed by atoms with Gasteiger partial charge in [0.25, 0.3) is 0 Å². The van der Waals surface area contributed by atoms with Crippen molar-refractivity contribution in [3.8, 4) is 0 Å². The highest BCUT2D eigenvalue weighted by molar-refractivity contribution is 5.89. The molecule has 4 unspecified atom stereocenters. The van der Waals surface area contributed by atoms with Crippen LogP contribution in [0.2, 0.25) is 0 Å². The molecular formula is C20H24N2O. The van der Waals surface area contributed by atoms with Crippen molar-refractivity contribution in [3.63, 3.8) is 0 Å². The summed E-state index contributed by atoms with van der Waals surface area (Å²) in [6.45, 7) is 1.56. The number of allylic oxidation sites excluding steroid dienone is 4. The topological polar surface area (TPSA) is 41.1 Å². The maximum Gasteiger partial charge on any atom is 0.221 e. The minimum Gasteiger partial charge on any atom is -0.381 e. The Kier molecular flexibility index (Phi) is 3.72. The summed E-state index contributed by atoms with van der Waals surface area (Å²) in [7, 11) is 0. The van der Waals surface area contributed by atoms with Gasteiger partial charge in [-0.15, -0.1) is 0 Å². The molecule has 0 radical (unpaired) electrons.